The first-order valence-corrected chi connectivity index (χ1v) is 8.29. The Morgan fingerprint density at radius 3 is 2.46 bits per heavy atom. The Labute approximate surface area is 152 Å². The van der Waals surface area contributed by atoms with Crippen LogP contribution in [0.1, 0.15) is 12.8 Å². The molecule has 0 spiro atoms. The second-order valence-electron chi connectivity index (χ2n) is 5.47. The largest absolute Gasteiger partial charge is 0.497 e. The number of nitrogens with zero attached hydrogens (tertiary/aromatic N) is 1. The van der Waals surface area contributed by atoms with E-state index in [0.29, 0.717) is 42.0 Å². The van der Waals surface area contributed by atoms with Gasteiger partial charge in [-0.15, -0.1) is 0 Å². The van der Waals surface area contributed by atoms with E-state index in [1.807, 2.05) is 0 Å². The lowest BCUT2D eigenvalue weighted by atomic mass is 10.2. The Bertz CT molecular complexity index is 720. The molecule has 0 atom stereocenters. The molecule has 26 heavy (non-hydrogen) atoms. The Morgan fingerprint density at radius 2 is 1.77 bits per heavy atom. The minimum atomic E-state index is -0.276. The van der Waals surface area contributed by atoms with Crippen LogP contribution in [0.3, 0.4) is 0 Å². The van der Waals surface area contributed by atoms with Crippen LogP contribution in [0.4, 0.5) is 10.1 Å². The van der Waals surface area contributed by atoms with E-state index in [0.717, 1.165) is 12.8 Å². The predicted molar refractivity (Wildman–Crippen MR) is 101 cm³/mol. The van der Waals surface area contributed by atoms with Crippen molar-refractivity contribution in [2.45, 2.75) is 12.8 Å². The molecule has 0 saturated heterocycles. The standard InChI is InChI=1S/C19H24FN3O3/c1-24-16-9-10-18(25-2)17(13-16)23-19(21)22-11-3-4-12-26-15-7-5-14(20)6-8-15/h5-10,13H,3-4,11-12H2,1-2H3,(H3,21,22,23). The summed E-state index contributed by atoms with van der Waals surface area (Å²) in [5.74, 6) is 2.02. The van der Waals surface area contributed by atoms with Gasteiger partial charge in [0.15, 0.2) is 5.96 Å². The summed E-state index contributed by atoms with van der Waals surface area (Å²) in [6.45, 7) is 1.11. The van der Waals surface area contributed by atoms with Gasteiger partial charge >= 0.3 is 0 Å². The van der Waals surface area contributed by atoms with Gasteiger partial charge in [0.05, 0.1) is 26.5 Å². The van der Waals surface area contributed by atoms with Gasteiger partial charge < -0.3 is 25.3 Å². The third kappa shape index (κ3) is 6.16. The van der Waals surface area contributed by atoms with E-state index in [1.54, 1.807) is 44.6 Å². The molecule has 0 radical (unpaired) electrons. The third-order valence-electron chi connectivity index (χ3n) is 3.59. The van der Waals surface area contributed by atoms with Gasteiger partial charge in [-0.25, -0.2) is 4.39 Å². The van der Waals surface area contributed by atoms with Gasteiger partial charge in [0.2, 0.25) is 0 Å². The van der Waals surface area contributed by atoms with Gasteiger partial charge in [-0.1, -0.05) is 0 Å². The zero-order valence-electron chi connectivity index (χ0n) is 15.0. The molecule has 2 aromatic rings. The van der Waals surface area contributed by atoms with Crippen molar-refractivity contribution in [1.82, 2.24) is 0 Å². The Morgan fingerprint density at radius 1 is 1.04 bits per heavy atom. The smallest absolute Gasteiger partial charge is 0.193 e. The molecule has 0 aliphatic heterocycles. The van der Waals surface area contributed by atoms with E-state index in [9.17, 15) is 4.39 Å². The van der Waals surface area contributed by atoms with Crippen LogP contribution in [0.5, 0.6) is 17.2 Å². The first-order chi connectivity index (χ1) is 12.6. The Kier molecular flexibility index (Phi) is 7.54. The lowest BCUT2D eigenvalue weighted by Gasteiger charge is -2.12. The molecular weight excluding hydrogens is 337 g/mol. The summed E-state index contributed by atoms with van der Waals surface area (Å²) >= 11 is 0. The molecule has 6 nitrogen and oxygen atoms in total. The third-order valence-corrected chi connectivity index (χ3v) is 3.59. The van der Waals surface area contributed by atoms with E-state index >= 15 is 0 Å². The van der Waals surface area contributed by atoms with Crippen LogP contribution in [0.25, 0.3) is 0 Å². The van der Waals surface area contributed by atoms with Crippen molar-refractivity contribution in [3.05, 3.63) is 48.3 Å². The van der Waals surface area contributed by atoms with Crippen molar-refractivity contribution in [1.29, 1.82) is 0 Å². The minimum absolute atomic E-state index is 0.276. The maximum Gasteiger partial charge on any atom is 0.193 e. The number of benzene rings is 2. The summed E-state index contributed by atoms with van der Waals surface area (Å²) in [6.07, 6.45) is 1.63. The van der Waals surface area contributed by atoms with E-state index in [4.69, 9.17) is 19.9 Å². The highest BCUT2D eigenvalue weighted by Gasteiger charge is 2.06. The molecule has 0 heterocycles. The maximum absolute atomic E-state index is 12.8. The highest BCUT2D eigenvalue weighted by molar-refractivity contribution is 5.93. The molecule has 0 fully saturated rings. The summed E-state index contributed by atoms with van der Waals surface area (Å²) in [4.78, 5) is 4.29. The molecule has 0 aliphatic rings. The topological polar surface area (TPSA) is 78.1 Å². The van der Waals surface area contributed by atoms with Crippen LogP contribution in [0, 0.1) is 5.82 Å². The van der Waals surface area contributed by atoms with E-state index in [-0.39, 0.29) is 5.82 Å². The monoisotopic (exact) mass is 361 g/mol. The number of aliphatic imine (C=N–C) groups is 1. The number of methoxy groups -OCH3 is 2. The lowest BCUT2D eigenvalue weighted by Crippen LogP contribution is -2.23. The zero-order valence-corrected chi connectivity index (χ0v) is 15.0. The highest BCUT2D eigenvalue weighted by Crippen LogP contribution is 2.28. The van der Waals surface area contributed by atoms with E-state index in [1.165, 1.54) is 12.1 Å². The van der Waals surface area contributed by atoms with Crippen molar-refractivity contribution in [3.63, 3.8) is 0 Å². The van der Waals surface area contributed by atoms with Crippen LogP contribution in [0.15, 0.2) is 47.5 Å². The Hall–Kier alpha value is -2.96. The molecule has 0 unspecified atom stereocenters. The zero-order chi connectivity index (χ0) is 18.8. The average molecular weight is 361 g/mol. The van der Waals surface area contributed by atoms with Crippen LogP contribution in [-0.4, -0.2) is 33.3 Å². The number of ether oxygens (including phenoxy) is 3. The van der Waals surface area contributed by atoms with Crippen LogP contribution in [0.2, 0.25) is 0 Å². The fourth-order valence-electron chi connectivity index (χ4n) is 2.22. The molecule has 2 aromatic carbocycles. The van der Waals surface area contributed by atoms with Gasteiger partial charge in [0.1, 0.15) is 23.1 Å². The summed E-state index contributed by atoms with van der Waals surface area (Å²) in [6, 6.07) is 11.4. The second kappa shape index (κ2) is 10.1. The number of unbranched alkanes of at least 4 members (excludes halogenated alkanes) is 1. The fraction of sp³-hybridized carbons (Fsp3) is 0.316. The molecule has 0 aromatic heterocycles. The molecule has 0 bridgehead atoms. The molecule has 140 valence electrons. The summed E-state index contributed by atoms with van der Waals surface area (Å²) < 4.78 is 28.8. The van der Waals surface area contributed by atoms with Gasteiger partial charge in [-0.05, 0) is 49.2 Å². The molecule has 0 amide bonds. The van der Waals surface area contributed by atoms with Crippen LogP contribution in [-0.2, 0) is 0 Å². The first kappa shape index (κ1) is 19.4. The van der Waals surface area contributed by atoms with Crippen LogP contribution >= 0.6 is 0 Å². The number of nitrogens with one attached hydrogen (secondary N) is 1. The number of nitrogens with two attached hydrogens (primary N) is 1. The number of hydrogen-bond acceptors (Lipinski definition) is 4. The van der Waals surface area contributed by atoms with Crippen molar-refractivity contribution in [3.8, 4) is 17.2 Å². The molecular formula is C19H24FN3O3. The lowest BCUT2D eigenvalue weighted by molar-refractivity contribution is 0.307. The SMILES string of the molecule is COc1ccc(OC)c(NC(N)=NCCCCOc2ccc(F)cc2)c1. The number of rotatable bonds is 9. The maximum atomic E-state index is 12.8. The van der Waals surface area contributed by atoms with Gasteiger partial charge in [0.25, 0.3) is 0 Å². The van der Waals surface area contributed by atoms with Crippen molar-refractivity contribution < 1.29 is 18.6 Å². The van der Waals surface area contributed by atoms with E-state index in [2.05, 4.69) is 10.3 Å². The summed E-state index contributed by atoms with van der Waals surface area (Å²) in [5.41, 5.74) is 6.60. The molecule has 3 N–H and O–H groups in total. The summed E-state index contributed by atoms with van der Waals surface area (Å²) in [7, 11) is 3.18. The van der Waals surface area contributed by atoms with Gasteiger partial charge in [-0.3, -0.25) is 4.99 Å². The normalized spacial score (nSPS) is 11.1. The Balaban J connectivity index is 1.73. The quantitative estimate of drug-likeness (QED) is 0.406. The highest BCUT2D eigenvalue weighted by atomic mass is 19.1. The molecule has 0 aliphatic carbocycles. The summed E-state index contributed by atoms with van der Waals surface area (Å²) in [5, 5.41) is 3.01. The van der Waals surface area contributed by atoms with Gasteiger partial charge in [-0.2, -0.15) is 0 Å². The number of halogens is 1. The number of anilines is 1. The minimum Gasteiger partial charge on any atom is -0.497 e. The number of hydrogen-bond donors (Lipinski definition) is 2. The van der Waals surface area contributed by atoms with Gasteiger partial charge in [0, 0.05) is 12.6 Å². The van der Waals surface area contributed by atoms with Crippen molar-refractivity contribution in [2.24, 2.45) is 10.7 Å². The van der Waals surface area contributed by atoms with E-state index < -0.39 is 0 Å². The fourth-order valence-corrected chi connectivity index (χ4v) is 2.22. The first-order valence-electron chi connectivity index (χ1n) is 8.29. The number of guanidine groups is 1. The van der Waals surface area contributed by atoms with Crippen molar-refractivity contribution in [2.75, 3.05) is 32.7 Å². The average Bonchev–Trinajstić information content (AvgIpc) is 2.65. The molecule has 0 saturated carbocycles. The predicted octanol–water partition coefficient (Wildman–Crippen LogP) is 3.43. The second-order valence-corrected chi connectivity index (χ2v) is 5.47. The molecule has 2 rings (SSSR count). The van der Waals surface area contributed by atoms with Crippen LogP contribution < -0.4 is 25.3 Å². The van der Waals surface area contributed by atoms with Crippen molar-refractivity contribution >= 4 is 11.6 Å². The molecule has 7 heteroatoms.